The Labute approximate surface area is 177 Å². The lowest BCUT2D eigenvalue weighted by Gasteiger charge is -2.10. The smallest absolute Gasteiger partial charge is 0.449 e. The number of nitrogens with zero attached hydrogens (tertiary/aromatic N) is 3. The topological polar surface area (TPSA) is 78.3 Å². The Morgan fingerprint density at radius 1 is 1.13 bits per heavy atom. The number of ether oxygens (including phenoxy) is 2. The lowest BCUT2D eigenvalue weighted by molar-refractivity contribution is -0.147. The van der Waals surface area contributed by atoms with Crippen molar-refractivity contribution in [3.05, 3.63) is 53.7 Å². The molecule has 11 heteroatoms. The van der Waals surface area contributed by atoms with E-state index >= 15 is 0 Å². The predicted octanol–water partition coefficient (Wildman–Crippen LogP) is 4.55. The highest BCUT2D eigenvalue weighted by atomic mass is 32.1. The number of halogens is 3. The van der Waals surface area contributed by atoms with Gasteiger partial charge in [-0.3, -0.25) is 4.79 Å². The van der Waals surface area contributed by atoms with Gasteiger partial charge in [0.05, 0.1) is 16.7 Å². The van der Waals surface area contributed by atoms with Crippen LogP contribution < -0.4 is 14.8 Å². The summed E-state index contributed by atoms with van der Waals surface area (Å²) in [6, 6.07) is 11.5. The number of para-hydroxylation sites is 2. The number of imidazole rings is 1. The van der Waals surface area contributed by atoms with Gasteiger partial charge in [0.15, 0.2) is 16.6 Å². The molecule has 0 unspecified atom stereocenters. The number of aromatic nitrogens is 3. The number of anilines is 1. The van der Waals surface area contributed by atoms with Crippen molar-refractivity contribution in [1.82, 2.24) is 14.5 Å². The standard InChI is InChI=1S/C20H13F3N4O3S/c21-20(22,23)18-24-12-3-1-2-4-14(12)27(18)8-17(28)26-19-25-13(9-31-19)11-5-6-15-16(7-11)30-10-29-15/h1-7,9H,8,10H2,(H,25,26,28). The summed E-state index contributed by atoms with van der Waals surface area (Å²) in [6.45, 7) is -0.395. The molecule has 1 aliphatic heterocycles. The number of carbonyl (C=O) groups is 1. The largest absolute Gasteiger partial charge is 0.454 e. The van der Waals surface area contributed by atoms with E-state index < -0.39 is 24.5 Å². The number of amides is 1. The minimum absolute atomic E-state index is 0.153. The van der Waals surface area contributed by atoms with Crippen molar-refractivity contribution in [2.45, 2.75) is 12.7 Å². The average Bonchev–Trinajstić information content (AvgIpc) is 3.45. The number of hydrogen-bond acceptors (Lipinski definition) is 6. The van der Waals surface area contributed by atoms with Crippen molar-refractivity contribution in [1.29, 1.82) is 0 Å². The number of rotatable bonds is 4. The van der Waals surface area contributed by atoms with Crippen LogP contribution in [0.5, 0.6) is 11.5 Å². The molecule has 0 fully saturated rings. The van der Waals surface area contributed by atoms with E-state index in [2.05, 4.69) is 15.3 Å². The fourth-order valence-electron chi connectivity index (χ4n) is 3.27. The van der Waals surface area contributed by atoms with Gasteiger partial charge in [0.2, 0.25) is 18.5 Å². The summed E-state index contributed by atoms with van der Waals surface area (Å²) in [5, 5.41) is 4.57. The van der Waals surface area contributed by atoms with Crippen molar-refractivity contribution >= 4 is 33.4 Å². The zero-order valence-corrected chi connectivity index (χ0v) is 16.5. The van der Waals surface area contributed by atoms with Crippen molar-refractivity contribution in [3.63, 3.8) is 0 Å². The molecule has 2 aromatic carbocycles. The summed E-state index contributed by atoms with van der Waals surface area (Å²) in [5.41, 5.74) is 1.76. The van der Waals surface area contributed by atoms with E-state index in [0.717, 1.165) is 10.1 Å². The fraction of sp³-hybridized carbons (Fsp3) is 0.150. The second-order valence-electron chi connectivity index (χ2n) is 6.66. The van der Waals surface area contributed by atoms with E-state index in [0.29, 0.717) is 17.2 Å². The highest BCUT2D eigenvalue weighted by molar-refractivity contribution is 7.14. The van der Waals surface area contributed by atoms with Crippen LogP contribution in [0.1, 0.15) is 5.82 Å². The van der Waals surface area contributed by atoms with Crippen molar-refractivity contribution in [2.75, 3.05) is 12.1 Å². The zero-order valence-electron chi connectivity index (χ0n) is 15.6. The lowest BCUT2D eigenvalue weighted by atomic mass is 10.1. The Morgan fingerprint density at radius 2 is 1.94 bits per heavy atom. The quantitative estimate of drug-likeness (QED) is 0.498. The van der Waals surface area contributed by atoms with E-state index in [-0.39, 0.29) is 23.0 Å². The second-order valence-corrected chi connectivity index (χ2v) is 7.52. The van der Waals surface area contributed by atoms with Crippen LogP contribution in [-0.2, 0) is 17.5 Å². The zero-order chi connectivity index (χ0) is 21.6. The summed E-state index contributed by atoms with van der Waals surface area (Å²) < 4.78 is 51.7. The first kappa shape index (κ1) is 19.4. The minimum Gasteiger partial charge on any atom is -0.454 e. The van der Waals surface area contributed by atoms with E-state index in [1.807, 2.05) is 0 Å². The van der Waals surface area contributed by atoms with E-state index in [1.165, 1.54) is 23.5 Å². The van der Waals surface area contributed by atoms with Crippen LogP contribution >= 0.6 is 11.3 Å². The second kappa shape index (κ2) is 7.27. The molecule has 1 aliphatic rings. The normalized spacial score (nSPS) is 13.0. The summed E-state index contributed by atoms with van der Waals surface area (Å²) in [5.74, 6) is -0.521. The molecule has 158 valence electrons. The van der Waals surface area contributed by atoms with Crippen molar-refractivity contribution in [2.24, 2.45) is 0 Å². The maximum atomic E-state index is 13.4. The van der Waals surface area contributed by atoms with Gasteiger partial charge >= 0.3 is 6.18 Å². The van der Waals surface area contributed by atoms with Crippen LogP contribution in [-0.4, -0.2) is 27.2 Å². The SMILES string of the molecule is O=C(Cn1c(C(F)(F)F)nc2ccccc21)Nc1nc(-c2ccc3c(c2)OCO3)cs1. The molecule has 4 aromatic rings. The Balaban J connectivity index is 1.36. The molecule has 0 aliphatic carbocycles. The van der Waals surface area contributed by atoms with Crippen LogP contribution in [0.4, 0.5) is 18.3 Å². The van der Waals surface area contributed by atoms with Gasteiger partial charge in [-0.15, -0.1) is 11.3 Å². The molecule has 0 saturated heterocycles. The molecule has 0 saturated carbocycles. The van der Waals surface area contributed by atoms with Gasteiger partial charge in [0.25, 0.3) is 0 Å². The van der Waals surface area contributed by atoms with Crippen LogP contribution in [0.25, 0.3) is 22.3 Å². The van der Waals surface area contributed by atoms with Gasteiger partial charge in [-0.25, -0.2) is 9.97 Å². The number of benzene rings is 2. The third-order valence-corrected chi connectivity index (χ3v) is 5.39. The van der Waals surface area contributed by atoms with Gasteiger partial charge in [0.1, 0.15) is 6.54 Å². The van der Waals surface area contributed by atoms with Crippen LogP contribution in [0.3, 0.4) is 0 Å². The Bertz CT molecular complexity index is 1300. The van der Waals surface area contributed by atoms with Gasteiger partial charge in [-0.05, 0) is 30.3 Å². The van der Waals surface area contributed by atoms with Gasteiger partial charge in [-0.1, -0.05) is 12.1 Å². The number of hydrogen-bond donors (Lipinski definition) is 1. The van der Waals surface area contributed by atoms with Crippen molar-refractivity contribution < 1.29 is 27.4 Å². The first-order valence-electron chi connectivity index (χ1n) is 9.06. The number of nitrogens with one attached hydrogen (secondary N) is 1. The highest BCUT2D eigenvalue weighted by Gasteiger charge is 2.38. The summed E-state index contributed by atoms with van der Waals surface area (Å²) in [6.07, 6.45) is -4.69. The Morgan fingerprint density at radius 3 is 2.77 bits per heavy atom. The van der Waals surface area contributed by atoms with Crippen molar-refractivity contribution in [3.8, 4) is 22.8 Å². The summed E-state index contributed by atoms with van der Waals surface area (Å²) in [7, 11) is 0. The molecule has 1 amide bonds. The molecule has 7 nitrogen and oxygen atoms in total. The maximum Gasteiger partial charge on any atom is 0.449 e. The molecular formula is C20H13F3N4O3S. The molecule has 31 heavy (non-hydrogen) atoms. The van der Waals surface area contributed by atoms with Gasteiger partial charge in [0, 0.05) is 10.9 Å². The van der Waals surface area contributed by atoms with Gasteiger partial charge in [-0.2, -0.15) is 13.2 Å². The predicted molar refractivity (Wildman–Crippen MR) is 107 cm³/mol. The van der Waals surface area contributed by atoms with E-state index in [1.54, 1.807) is 35.7 Å². The molecule has 0 radical (unpaired) electrons. The number of alkyl halides is 3. The highest BCUT2D eigenvalue weighted by Crippen LogP contribution is 2.36. The molecule has 1 N–H and O–H groups in total. The van der Waals surface area contributed by atoms with E-state index in [4.69, 9.17) is 9.47 Å². The molecule has 2 aromatic heterocycles. The number of thiazole rings is 1. The molecule has 0 bridgehead atoms. The minimum atomic E-state index is -4.69. The first-order chi connectivity index (χ1) is 14.9. The van der Waals surface area contributed by atoms with Gasteiger partial charge < -0.3 is 19.4 Å². The Kier molecular flexibility index (Phi) is 4.54. The summed E-state index contributed by atoms with van der Waals surface area (Å²) in [4.78, 5) is 20.5. The third-order valence-electron chi connectivity index (χ3n) is 4.63. The van der Waals surface area contributed by atoms with Crippen LogP contribution in [0.15, 0.2) is 47.8 Å². The molecule has 3 heterocycles. The Hall–Kier alpha value is -3.60. The third kappa shape index (κ3) is 3.67. The number of fused-ring (bicyclic) bond motifs is 2. The summed E-state index contributed by atoms with van der Waals surface area (Å²) >= 11 is 1.17. The first-order valence-corrected chi connectivity index (χ1v) is 9.94. The molecule has 5 rings (SSSR count). The fourth-order valence-corrected chi connectivity index (χ4v) is 4.01. The number of carbonyl (C=O) groups excluding carboxylic acids is 1. The van der Waals surface area contributed by atoms with E-state index in [9.17, 15) is 18.0 Å². The lowest BCUT2D eigenvalue weighted by Crippen LogP contribution is -2.23. The maximum absolute atomic E-state index is 13.4. The van der Waals surface area contributed by atoms with Crippen LogP contribution in [0.2, 0.25) is 0 Å². The monoisotopic (exact) mass is 446 g/mol. The molecular weight excluding hydrogens is 433 g/mol. The molecule has 0 spiro atoms. The molecule has 0 atom stereocenters. The average molecular weight is 446 g/mol. The van der Waals surface area contributed by atoms with Crippen LogP contribution in [0, 0.1) is 0 Å².